The highest BCUT2D eigenvalue weighted by Crippen LogP contribution is 2.27. The average Bonchev–Trinajstić information content (AvgIpc) is 3.09. The number of carbonyl (C=O) groups is 1. The normalized spacial score (nSPS) is 18.7. The first-order valence-corrected chi connectivity index (χ1v) is 11.1. The number of anilines is 1. The van der Waals surface area contributed by atoms with Crippen LogP contribution in [-0.2, 0) is 10.0 Å². The monoisotopic (exact) mass is 392 g/mol. The van der Waals surface area contributed by atoms with Crippen molar-refractivity contribution in [1.29, 1.82) is 0 Å². The van der Waals surface area contributed by atoms with E-state index in [1.54, 1.807) is 5.38 Å². The van der Waals surface area contributed by atoms with E-state index in [-0.39, 0.29) is 10.8 Å². The van der Waals surface area contributed by atoms with Gasteiger partial charge in [0.2, 0.25) is 10.0 Å². The lowest BCUT2D eigenvalue weighted by atomic mass is 10.0. The number of rotatable bonds is 4. The Morgan fingerprint density at radius 3 is 2.77 bits per heavy atom. The van der Waals surface area contributed by atoms with Crippen molar-refractivity contribution >= 4 is 33.0 Å². The lowest BCUT2D eigenvalue weighted by Gasteiger charge is -2.29. The number of benzene rings is 1. The fourth-order valence-electron chi connectivity index (χ4n) is 3.14. The Kier molecular flexibility index (Phi) is 5.50. The Balaban J connectivity index is 1.78. The number of nitrogens with one attached hydrogen (secondary N) is 1. The number of aryl methyl sites for hydroxylation is 2. The minimum Gasteiger partial charge on any atom is -0.321 e. The molecule has 1 atom stereocenters. The summed E-state index contributed by atoms with van der Waals surface area (Å²) in [6, 6.07) is 7.33. The van der Waals surface area contributed by atoms with Gasteiger partial charge in [0.15, 0.2) is 0 Å². The average molecular weight is 393 g/mol. The molecule has 2 aromatic rings. The summed E-state index contributed by atoms with van der Waals surface area (Å²) in [5.41, 5.74) is 2.77. The summed E-state index contributed by atoms with van der Waals surface area (Å²) in [5.74, 6) is 0.0846. The summed E-state index contributed by atoms with van der Waals surface area (Å²) in [6.07, 6.45) is 1.93. The quantitative estimate of drug-likeness (QED) is 0.854. The summed E-state index contributed by atoms with van der Waals surface area (Å²) in [5, 5.41) is 4.44. The van der Waals surface area contributed by atoms with E-state index in [9.17, 15) is 13.2 Å². The van der Waals surface area contributed by atoms with Crippen LogP contribution in [0.2, 0.25) is 0 Å². The molecule has 0 radical (unpaired) electrons. The van der Waals surface area contributed by atoms with Crippen molar-refractivity contribution in [1.82, 2.24) is 4.31 Å². The number of sulfonamides is 1. The van der Waals surface area contributed by atoms with E-state index in [0.717, 1.165) is 41.0 Å². The van der Waals surface area contributed by atoms with Crippen LogP contribution in [0, 0.1) is 19.8 Å². The second kappa shape index (κ2) is 7.50. The molecule has 0 aliphatic carbocycles. The summed E-state index contributed by atoms with van der Waals surface area (Å²) < 4.78 is 27.2. The zero-order valence-corrected chi connectivity index (χ0v) is 16.9. The Hall–Kier alpha value is -1.70. The van der Waals surface area contributed by atoms with Gasteiger partial charge in [0.05, 0.1) is 9.77 Å². The molecule has 0 bridgehead atoms. The Labute approximate surface area is 159 Å². The highest BCUT2D eigenvalue weighted by molar-refractivity contribution is 7.89. The van der Waals surface area contributed by atoms with Gasteiger partial charge in [-0.2, -0.15) is 4.31 Å². The number of hydrogen-bond donors (Lipinski definition) is 1. The molecule has 2 heterocycles. The van der Waals surface area contributed by atoms with Crippen molar-refractivity contribution in [2.24, 2.45) is 5.92 Å². The van der Waals surface area contributed by atoms with Crippen LogP contribution < -0.4 is 5.32 Å². The fourth-order valence-corrected chi connectivity index (χ4v) is 5.90. The van der Waals surface area contributed by atoms with Crippen LogP contribution in [0.15, 0.2) is 34.5 Å². The fraction of sp³-hybridized carbons (Fsp3) is 0.421. The van der Waals surface area contributed by atoms with E-state index in [4.69, 9.17) is 0 Å². The van der Waals surface area contributed by atoms with Gasteiger partial charge in [0.1, 0.15) is 0 Å². The van der Waals surface area contributed by atoms with Crippen molar-refractivity contribution in [3.8, 4) is 0 Å². The summed E-state index contributed by atoms with van der Waals surface area (Å²) >= 11 is 1.16. The minimum atomic E-state index is -3.53. The molecule has 26 heavy (non-hydrogen) atoms. The largest absolute Gasteiger partial charge is 0.321 e. The molecule has 0 unspecified atom stereocenters. The summed E-state index contributed by atoms with van der Waals surface area (Å²) in [6.45, 7) is 7.05. The van der Waals surface area contributed by atoms with Gasteiger partial charge in [-0.1, -0.05) is 19.1 Å². The zero-order chi connectivity index (χ0) is 18.9. The Bertz CT molecular complexity index is 919. The molecule has 1 aromatic carbocycles. The third kappa shape index (κ3) is 4.00. The van der Waals surface area contributed by atoms with Crippen LogP contribution in [0.25, 0.3) is 0 Å². The SMILES string of the molecule is Cc1ccc(C)c(NC(=O)c2cc(S(=O)(=O)N3CCC[C@@H](C)C3)cs2)c1. The van der Waals surface area contributed by atoms with Gasteiger partial charge in [0.25, 0.3) is 5.91 Å². The van der Waals surface area contributed by atoms with Crippen molar-refractivity contribution < 1.29 is 13.2 Å². The van der Waals surface area contributed by atoms with Crippen LogP contribution in [0.3, 0.4) is 0 Å². The number of carbonyl (C=O) groups excluding carboxylic acids is 1. The Morgan fingerprint density at radius 2 is 2.04 bits per heavy atom. The maximum atomic E-state index is 12.8. The van der Waals surface area contributed by atoms with Gasteiger partial charge in [-0.15, -0.1) is 11.3 Å². The molecule has 140 valence electrons. The molecule has 1 aliphatic heterocycles. The predicted molar refractivity (Wildman–Crippen MR) is 105 cm³/mol. The number of piperidine rings is 1. The Morgan fingerprint density at radius 1 is 1.27 bits per heavy atom. The van der Waals surface area contributed by atoms with E-state index < -0.39 is 10.0 Å². The molecule has 1 aliphatic rings. The molecule has 5 nitrogen and oxygen atoms in total. The molecular formula is C19H24N2O3S2. The first-order chi connectivity index (χ1) is 12.3. The summed E-state index contributed by atoms with van der Waals surface area (Å²) in [4.78, 5) is 13.1. The maximum absolute atomic E-state index is 12.8. The maximum Gasteiger partial charge on any atom is 0.265 e. The number of amides is 1. The molecule has 7 heteroatoms. The third-order valence-electron chi connectivity index (χ3n) is 4.70. The van der Waals surface area contributed by atoms with E-state index in [2.05, 4.69) is 12.2 Å². The molecule has 1 saturated heterocycles. The van der Waals surface area contributed by atoms with E-state index in [1.807, 2.05) is 32.0 Å². The van der Waals surface area contributed by atoms with E-state index in [1.165, 1.54) is 10.4 Å². The minimum absolute atomic E-state index is 0.211. The second-order valence-corrected chi connectivity index (χ2v) is 9.88. The van der Waals surface area contributed by atoms with Gasteiger partial charge in [-0.05, 0) is 55.9 Å². The predicted octanol–water partition coefficient (Wildman–Crippen LogP) is 4.04. The molecule has 1 amide bonds. The lowest BCUT2D eigenvalue weighted by Crippen LogP contribution is -2.38. The van der Waals surface area contributed by atoms with Crippen LogP contribution >= 0.6 is 11.3 Å². The van der Waals surface area contributed by atoms with Crippen molar-refractivity contribution in [2.45, 2.75) is 38.5 Å². The highest BCUT2D eigenvalue weighted by Gasteiger charge is 2.30. The van der Waals surface area contributed by atoms with Crippen LogP contribution in [0.5, 0.6) is 0 Å². The van der Waals surface area contributed by atoms with Gasteiger partial charge in [-0.3, -0.25) is 4.79 Å². The molecule has 0 spiro atoms. The van der Waals surface area contributed by atoms with Crippen molar-refractivity contribution in [2.75, 3.05) is 18.4 Å². The number of hydrogen-bond acceptors (Lipinski definition) is 4. The first-order valence-electron chi connectivity index (χ1n) is 8.74. The molecule has 1 fully saturated rings. The molecule has 1 aromatic heterocycles. The second-order valence-electron chi connectivity index (χ2n) is 7.03. The van der Waals surface area contributed by atoms with Crippen LogP contribution in [0.4, 0.5) is 5.69 Å². The number of thiophene rings is 1. The van der Waals surface area contributed by atoms with E-state index >= 15 is 0 Å². The van der Waals surface area contributed by atoms with Gasteiger partial charge < -0.3 is 5.32 Å². The zero-order valence-electron chi connectivity index (χ0n) is 15.3. The smallest absolute Gasteiger partial charge is 0.265 e. The van der Waals surface area contributed by atoms with Crippen molar-refractivity contribution in [3.63, 3.8) is 0 Å². The van der Waals surface area contributed by atoms with Crippen LogP contribution in [-0.4, -0.2) is 31.7 Å². The first kappa shape index (κ1) is 19.1. The number of nitrogens with zero attached hydrogens (tertiary/aromatic N) is 1. The van der Waals surface area contributed by atoms with E-state index in [0.29, 0.717) is 23.9 Å². The van der Waals surface area contributed by atoms with Crippen LogP contribution in [0.1, 0.15) is 40.6 Å². The van der Waals surface area contributed by atoms with Gasteiger partial charge in [0, 0.05) is 24.2 Å². The van der Waals surface area contributed by atoms with Gasteiger partial charge >= 0.3 is 0 Å². The molecule has 1 N–H and O–H groups in total. The standard InChI is InChI=1S/C19H24N2O3S2/c1-13-6-7-15(3)17(9-13)20-19(22)18-10-16(12-25-18)26(23,24)21-8-4-5-14(2)11-21/h6-7,9-10,12,14H,4-5,8,11H2,1-3H3,(H,20,22)/t14-/m1/s1. The molecular weight excluding hydrogens is 368 g/mol. The summed E-state index contributed by atoms with van der Waals surface area (Å²) in [7, 11) is -3.53. The van der Waals surface area contributed by atoms with Crippen molar-refractivity contribution in [3.05, 3.63) is 45.6 Å². The highest BCUT2D eigenvalue weighted by atomic mass is 32.2. The topological polar surface area (TPSA) is 66.5 Å². The van der Waals surface area contributed by atoms with Gasteiger partial charge in [-0.25, -0.2) is 8.42 Å². The third-order valence-corrected chi connectivity index (χ3v) is 7.62. The lowest BCUT2D eigenvalue weighted by molar-refractivity contribution is 0.103. The molecule has 0 saturated carbocycles. The molecule has 3 rings (SSSR count).